The molecule has 6 heteroatoms. The molecule has 2 amide bonds. The van der Waals surface area contributed by atoms with Gasteiger partial charge in [0.2, 0.25) is 5.91 Å². The molecule has 0 aromatic heterocycles. The fourth-order valence-corrected chi connectivity index (χ4v) is 2.95. The zero-order valence-electron chi connectivity index (χ0n) is 13.5. The number of aliphatic hydroxyl groups is 1. The summed E-state index contributed by atoms with van der Waals surface area (Å²) in [5, 5.41) is 15.6. The van der Waals surface area contributed by atoms with Crippen molar-refractivity contribution in [2.45, 2.75) is 45.1 Å². The van der Waals surface area contributed by atoms with Gasteiger partial charge >= 0.3 is 0 Å². The summed E-state index contributed by atoms with van der Waals surface area (Å²) >= 11 is 6.13. The molecule has 1 aromatic carbocycles. The number of hydrogen-bond donors (Lipinski definition) is 3. The molecule has 1 aromatic rings. The van der Waals surface area contributed by atoms with E-state index in [2.05, 4.69) is 10.6 Å². The van der Waals surface area contributed by atoms with Crippen LogP contribution in [0.4, 0.5) is 5.69 Å². The Morgan fingerprint density at radius 2 is 1.96 bits per heavy atom. The van der Waals surface area contributed by atoms with E-state index in [4.69, 9.17) is 11.6 Å². The first-order valence-corrected chi connectivity index (χ1v) is 8.28. The monoisotopic (exact) mass is 338 g/mol. The van der Waals surface area contributed by atoms with Crippen LogP contribution in [0.15, 0.2) is 18.2 Å². The molecule has 0 bridgehead atoms. The van der Waals surface area contributed by atoms with E-state index < -0.39 is 5.54 Å². The van der Waals surface area contributed by atoms with Gasteiger partial charge in [-0.3, -0.25) is 9.59 Å². The van der Waals surface area contributed by atoms with Gasteiger partial charge in [-0.05, 0) is 31.0 Å². The van der Waals surface area contributed by atoms with Crippen LogP contribution < -0.4 is 10.6 Å². The summed E-state index contributed by atoms with van der Waals surface area (Å²) in [5.41, 5.74) is 0.271. The Hall–Kier alpha value is -1.59. The van der Waals surface area contributed by atoms with E-state index in [1.165, 1.54) is 0 Å². The number of nitrogens with one attached hydrogen (secondary N) is 2. The van der Waals surface area contributed by atoms with E-state index >= 15 is 0 Å². The van der Waals surface area contributed by atoms with Gasteiger partial charge in [0.1, 0.15) is 0 Å². The molecule has 2 rings (SSSR count). The van der Waals surface area contributed by atoms with Gasteiger partial charge in [0.05, 0.1) is 22.7 Å². The lowest BCUT2D eigenvalue weighted by Gasteiger charge is -2.28. The smallest absolute Gasteiger partial charge is 0.253 e. The van der Waals surface area contributed by atoms with Crippen LogP contribution in [-0.4, -0.2) is 29.1 Å². The SMILES string of the molecule is CC(C)C(=O)Nc1ccc(Cl)c(C(=O)NC2(CO)CCCC2)c1. The summed E-state index contributed by atoms with van der Waals surface area (Å²) in [7, 11) is 0. The van der Waals surface area contributed by atoms with E-state index in [-0.39, 0.29) is 24.3 Å². The molecule has 0 unspecified atom stereocenters. The third kappa shape index (κ3) is 4.24. The Kier molecular flexibility index (Phi) is 5.65. The highest BCUT2D eigenvalue weighted by atomic mass is 35.5. The predicted molar refractivity (Wildman–Crippen MR) is 90.7 cm³/mol. The molecule has 0 atom stereocenters. The van der Waals surface area contributed by atoms with Gasteiger partial charge in [0, 0.05) is 11.6 Å². The van der Waals surface area contributed by atoms with Gasteiger partial charge in [-0.1, -0.05) is 38.3 Å². The number of halogens is 1. The molecule has 3 N–H and O–H groups in total. The highest BCUT2D eigenvalue weighted by molar-refractivity contribution is 6.34. The standard InChI is InChI=1S/C17H23ClN2O3/c1-11(2)15(22)19-12-5-6-14(18)13(9-12)16(23)20-17(10-21)7-3-4-8-17/h5-6,9,11,21H,3-4,7-8,10H2,1-2H3,(H,19,22)(H,20,23). The lowest BCUT2D eigenvalue weighted by atomic mass is 9.98. The van der Waals surface area contributed by atoms with Crippen molar-refractivity contribution in [1.82, 2.24) is 5.32 Å². The zero-order valence-corrected chi connectivity index (χ0v) is 14.2. The first-order chi connectivity index (χ1) is 10.9. The molecule has 126 valence electrons. The lowest BCUT2D eigenvalue weighted by Crippen LogP contribution is -2.49. The van der Waals surface area contributed by atoms with Gasteiger partial charge < -0.3 is 15.7 Å². The average Bonchev–Trinajstić information content (AvgIpc) is 2.98. The van der Waals surface area contributed by atoms with Crippen LogP contribution in [-0.2, 0) is 4.79 Å². The van der Waals surface area contributed by atoms with Crippen LogP contribution in [0, 0.1) is 5.92 Å². The molecule has 0 spiro atoms. The molecule has 0 radical (unpaired) electrons. The van der Waals surface area contributed by atoms with Gasteiger partial charge in [-0.15, -0.1) is 0 Å². The summed E-state index contributed by atoms with van der Waals surface area (Å²) < 4.78 is 0. The molecule has 1 aliphatic rings. The fraction of sp³-hybridized carbons (Fsp3) is 0.529. The Morgan fingerprint density at radius 3 is 2.52 bits per heavy atom. The molecule has 0 aliphatic heterocycles. The molecular weight excluding hydrogens is 316 g/mol. The summed E-state index contributed by atoms with van der Waals surface area (Å²) in [6.07, 6.45) is 3.49. The first kappa shape index (κ1) is 17.8. The number of rotatable bonds is 5. The van der Waals surface area contributed by atoms with Crippen molar-refractivity contribution >= 4 is 29.1 Å². The normalized spacial score (nSPS) is 16.4. The Bertz CT molecular complexity index is 596. The molecule has 1 saturated carbocycles. The van der Waals surface area contributed by atoms with E-state index in [1.807, 2.05) is 0 Å². The summed E-state index contributed by atoms with van der Waals surface area (Å²) in [6.45, 7) is 3.51. The van der Waals surface area contributed by atoms with Crippen LogP contribution in [0.3, 0.4) is 0 Å². The minimum absolute atomic E-state index is 0.0832. The van der Waals surface area contributed by atoms with E-state index in [0.717, 1.165) is 25.7 Å². The Morgan fingerprint density at radius 1 is 1.30 bits per heavy atom. The van der Waals surface area contributed by atoms with Crippen molar-refractivity contribution in [2.75, 3.05) is 11.9 Å². The largest absolute Gasteiger partial charge is 0.394 e. The molecular formula is C17H23ClN2O3. The number of carbonyl (C=O) groups excluding carboxylic acids is 2. The average molecular weight is 339 g/mol. The zero-order chi connectivity index (χ0) is 17.0. The number of anilines is 1. The molecule has 1 aliphatic carbocycles. The van der Waals surface area contributed by atoms with Crippen LogP contribution in [0.5, 0.6) is 0 Å². The highest BCUT2D eigenvalue weighted by Gasteiger charge is 2.35. The summed E-state index contributed by atoms with van der Waals surface area (Å²) in [4.78, 5) is 24.3. The topological polar surface area (TPSA) is 78.4 Å². The minimum atomic E-state index is -0.558. The Balaban J connectivity index is 2.17. The van der Waals surface area contributed by atoms with Gasteiger partial charge in [-0.2, -0.15) is 0 Å². The van der Waals surface area contributed by atoms with Crippen molar-refractivity contribution in [3.8, 4) is 0 Å². The lowest BCUT2D eigenvalue weighted by molar-refractivity contribution is -0.118. The molecule has 0 heterocycles. The third-order valence-electron chi connectivity index (χ3n) is 4.24. The maximum atomic E-state index is 12.5. The fourth-order valence-electron chi connectivity index (χ4n) is 2.75. The van der Waals surface area contributed by atoms with Gasteiger partial charge in [0.25, 0.3) is 5.91 Å². The first-order valence-electron chi connectivity index (χ1n) is 7.91. The summed E-state index contributed by atoms with van der Waals surface area (Å²) in [5.74, 6) is -0.605. The number of amides is 2. The van der Waals surface area contributed by atoms with Gasteiger partial charge in [-0.25, -0.2) is 0 Å². The second-order valence-corrected chi connectivity index (χ2v) is 6.85. The van der Waals surface area contributed by atoms with Crippen LogP contribution >= 0.6 is 11.6 Å². The Labute approximate surface area is 141 Å². The minimum Gasteiger partial charge on any atom is -0.394 e. The molecule has 5 nitrogen and oxygen atoms in total. The second-order valence-electron chi connectivity index (χ2n) is 6.44. The van der Waals surface area contributed by atoms with E-state index in [9.17, 15) is 14.7 Å². The molecule has 0 saturated heterocycles. The number of carbonyl (C=O) groups is 2. The molecule has 1 fully saturated rings. The maximum absolute atomic E-state index is 12.5. The quantitative estimate of drug-likeness (QED) is 0.772. The van der Waals surface area contributed by atoms with Crippen molar-refractivity contribution in [3.05, 3.63) is 28.8 Å². The van der Waals surface area contributed by atoms with E-state index in [0.29, 0.717) is 16.3 Å². The van der Waals surface area contributed by atoms with Crippen molar-refractivity contribution in [1.29, 1.82) is 0 Å². The van der Waals surface area contributed by atoms with Crippen molar-refractivity contribution < 1.29 is 14.7 Å². The van der Waals surface area contributed by atoms with Crippen LogP contribution in [0.2, 0.25) is 5.02 Å². The second kappa shape index (κ2) is 7.32. The summed E-state index contributed by atoms with van der Waals surface area (Å²) in [6, 6.07) is 4.82. The third-order valence-corrected chi connectivity index (χ3v) is 4.57. The van der Waals surface area contributed by atoms with Crippen LogP contribution in [0.25, 0.3) is 0 Å². The van der Waals surface area contributed by atoms with E-state index in [1.54, 1.807) is 32.0 Å². The number of hydrogen-bond acceptors (Lipinski definition) is 3. The van der Waals surface area contributed by atoms with Crippen molar-refractivity contribution in [3.63, 3.8) is 0 Å². The maximum Gasteiger partial charge on any atom is 0.253 e. The number of aliphatic hydroxyl groups excluding tert-OH is 1. The molecule has 23 heavy (non-hydrogen) atoms. The van der Waals surface area contributed by atoms with Crippen LogP contribution in [0.1, 0.15) is 49.9 Å². The predicted octanol–water partition coefficient (Wildman–Crippen LogP) is 2.97. The van der Waals surface area contributed by atoms with Crippen molar-refractivity contribution in [2.24, 2.45) is 5.92 Å². The van der Waals surface area contributed by atoms with Gasteiger partial charge in [0.15, 0.2) is 0 Å². The highest BCUT2D eigenvalue weighted by Crippen LogP contribution is 2.30. The number of benzene rings is 1.